The average molecular weight is 1100 g/mol. The summed E-state index contributed by atoms with van der Waals surface area (Å²) in [4.78, 5) is 99.1. The van der Waals surface area contributed by atoms with Crippen molar-refractivity contribution in [2.45, 2.75) is 131 Å². The summed E-state index contributed by atoms with van der Waals surface area (Å²) in [6.07, 6.45) is 5.15. The van der Waals surface area contributed by atoms with Gasteiger partial charge in [-0.25, -0.2) is 9.97 Å². The van der Waals surface area contributed by atoms with Crippen molar-refractivity contribution in [2.75, 3.05) is 50.7 Å². The lowest BCUT2D eigenvalue weighted by Crippen LogP contribution is -2.57. The van der Waals surface area contributed by atoms with E-state index in [1.54, 1.807) is 17.5 Å². The number of carbonyl (C=O) groups is 5. The van der Waals surface area contributed by atoms with E-state index in [1.165, 1.54) is 4.90 Å². The van der Waals surface area contributed by atoms with Crippen LogP contribution >= 0.6 is 11.3 Å². The van der Waals surface area contributed by atoms with Gasteiger partial charge < -0.3 is 41.2 Å². The summed E-state index contributed by atoms with van der Waals surface area (Å²) >= 11 is 1.57. The van der Waals surface area contributed by atoms with Crippen molar-refractivity contribution in [3.05, 3.63) is 116 Å². The van der Waals surface area contributed by atoms with Crippen LogP contribution in [0.2, 0.25) is 0 Å². The second kappa shape index (κ2) is 25.7. The quantitative estimate of drug-likeness (QED) is 0.0433. The largest absolute Gasteiger partial charge is 0.391 e. The molecule has 2 fully saturated rings. The number of pyridine rings is 2. The fourth-order valence-corrected chi connectivity index (χ4v) is 11.2. The first-order chi connectivity index (χ1) is 37.7. The first-order valence-electron chi connectivity index (χ1n) is 27.5. The third kappa shape index (κ3) is 14.5. The maximum Gasteiger partial charge on any atom is 0.253 e. The van der Waals surface area contributed by atoms with E-state index < -0.39 is 29.5 Å². The fourth-order valence-electron chi connectivity index (χ4n) is 10.4. The van der Waals surface area contributed by atoms with Gasteiger partial charge in [-0.2, -0.15) is 5.10 Å². The van der Waals surface area contributed by atoms with Crippen molar-refractivity contribution >= 4 is 57.6 Å². The highest BCUT2D eigenvalue weighted by atomic mass is 32.1. The second-order valence-corrected chi connectivity index (χ2v) is 23.2. The molecule has 20 heteroatoms. The van der Waals surface area contributed by atoms with Gasteiger partial charge in [0.1, 0.15) is 17.9 Å². The lowest BCUT2D eigenvalue weighted by molar-refractivity contribution is -0.144. The number of amides is 5. The van der Waals surface area contributed by atoms with Crippen LogP contribution in [0.1, 0.15) is 118 Å². The molecule has 5 amide bonds. The molecule has 0 aliphatic carbocycles. The summed E-state index contributed by atoms with van der Waals surface area (Å²) in [5.41, 5.74) is 8.92. The van der Waals surface area contributed by atoms with Gasteiger partial charge in [0, 0.05) is 113 Å². The zero-order valence-electron chi connectivity index (χ0n) is 46.8. The van der Waals surface area contributed by atoms with Crippen LogP contribution in [0.4, 0.5) is 5.82 Å². The number of piperazine rings is 1. The number of benzene rings is 2. The number of β-amino-alcohol motifs (C(OH)–C–C–N with tert-alkyl or cyclic N) is 1. The van der Waals surface area contributed by atoms with Gasteiger partial charge in [0.25, 0.3) is 11.5 Å². The molecule has 2 aliphatic rings. The molecule has 79 heavy (non-hydrogen) atoms. The van der Waals surface area contributed by atoms with E-state index in [0.717, 1.165) is 93.5 Å². The number of fused-ring (bicyclic) bond motifs is 1. The van der Waals surface area contributed by atoms with Crippen LogP contribution in [0.5, 0.6) is 0 Å². The van der Waals surface area contributed by atoms with E-state index in [-0.39, 0.29) is 67.7 Å². The highest BCUT2D eigenvalue weighted by Crippen LogP contribution is 2.32. The number of aliphatic hydroxyl groups is 1. The number of aromatic amines is 1. The number of nitrogens with zero attached hydrogens (tertiary/aromatic N) is 7. The number of rotatable bonds is 21. The van der Waals surface area contributed by atoms with Gasteiger partial charge in [-0.1, -0.05) is 51.5 Å². The molecular weight excluding hydrogens is 1020 g/mol. The van der Waals surface area contributed by atoms with E-state index in [1.807, 2.05) is 126 Å². The lowest BCUT2D eigenvalue weighted by atomic mass is 9.85. The summed E-state index contributed by atoms with van der Waals surface area (Å²) in [5.74, 6) is -0.524. The SMILES string of the molecule is Cc1cc(C)c(CNC(=O)c2cc(-c3ccc(N4CCN(CCNC(=O)CCCCCC(=O)NC(C(=O)N5C[C@H](O)C[C@H]5C(=O)NCc5ccc(-c6scnc6C)cc5)C(C)(C)C)CC4)nc3)cc3c2cnn3C(C)C)c(=O)[nH]1. The maximum absolute atomic E-state index is 14.1. The minimum atomic E-state index is -0.913. The van der Waals surface area contributed by atoms with Crippen molar-refractivity contribution in [3.8, 4) is 21.6 Å². The van der Waals surface area contributed by atoms with Gasteiger partial charge in [-0.3, -0.25) is 38.3 Å². The summed E-state index contributed by atoms with van der Waals surface area (Å²) < 4.78 is 1.90. The molecule has 0 saturated carbocycles. The monoisotopic (exact) mass is 1100 g/mol. The van der Waals surface area contributed by atoms with Crippen LogP contribution in [0.15, 0.2) is 77.3 Å². The maximum atomic E-state index is 14.1. The molecule has 420 valence electrons. The first-order valence-corrected chi connectivity index (χ1v) is 28.4. The number of thiazole rings is 1. The number of nitrogens with one attached hydrogen (secondary N) is 5. The molecule has 19 nitrogen and oxygen atoms in total. The van der Waals surface area contributed by atoms with Gasteiger partial charge in [0.05, 0.1) is 39.5 Å². The molecule has 0 radical (unpaired) electrons. The number of hydrogen-bond acceptors (Lipinski definition) is 13. The molecular formula is C59H76N12O7S. The van der Waals surface area contributed by atoms with Gasteiger partial charge in [0.2, 0.25) is 23.6 Å². The fraction of sp³-hybridized carbons (Fsp3) is 0.475. The van der Waals surface area contributed by atoms with Gasteiger partial charge in [0.15, 0.2) is 0 Å². The lowest BCUT2D eigenvalue weighted by Gasteiger charge is -2.35. The first kappa shape index (κ1) is 57.9. The number of aryl methyl sites for hydroxylation is 3. The smallest absolute Gasteiger partial charge is 0.253 e. The minimum absolute atomic E-state index is 0.00238. The standard InChI is InChI=1S/C59H76N12O7S/c1-36(2)71-48-28-43(27-45(47(48)33-65-71)55(75)63-32-46-37(3)26-38(4)66-56(46)76)42-18-19-50(61-31-42)69-24-22-68(23-25-69)21-20-60-51(73)12-10-9-11-13-52(74)67-54(59(6,7)8)58(78)70-34-44(72)29-49(70)57(77)62-30-40-14-16-41(17-15-40)53-39(5)64-35-79-53/h14-19,26-28,31,33,35-36,44,49,54,72H,9-13,20-25,29-30,32,34H2,1-8H3,(H,60,73)(H,62,77)(H,63,75)(H,66,76)(H,67,74)/t44-,49+,54?/m1/s1. The molecule has 6 aromatic rings. The predicted octanol–water partition coefficient (Wildman–Crippen LogP) is 6.34. The molecule has 6 N–H and O–H groups in total. The molecule has 4 aromatic heterocycles. The Morgan fingerprint density at radius 1 is 0.823 bits per heavy atom. The van der Waals surface area contributed by atoms with Crippen LogP contribution in [-0.4, -0.2) is 133 Å². The number of hydrogen-bond donors (Lipinski definition) is 6. The molecule has 3 atom stereocenters. The Labute approximate surface area is 466 Å². The summed E-state index contributed by atoms with van der Waals surface area (Å²) in [7, 11) is 0. The molecule has 2 saturated heterocycles. The number of likely N-dealkylation sites (tertiary alicyclic amines) is 1. The van der Waals surface area contributed by atoms with Gasteiger partial charge in [-0.05, 0) is 105 Å². The van der Waals surface area contributed by atoms with Crippen molar-refractivity contribution < 1.29 is 29.1 Å². The highest BCUT2D eigenvalue weighted by molar-refractivity contribution is 7.13. The van der Waals surface area contributed by atoms with Crippen molar-refractivity contribution in [1.29, 1.82) is 0 Å². The Kier molecular flexibility index (Phi) is 18.8. The van der Waals surface area contributed by atoms with Crippen LogP contribution in [0, 0.1) is 26.2 Å². The minimum Gasteiger partial charge on any atom is -0.391 e. The predicted molar refractivity (Wildman–Crippen MR) is 307 cm³/mol. The van der Waals surface area contributed by atoms with Crippen LogP contribution in [-0.2, 0) is 32.3 Å². The third-order valence-corrected chi connectivity index (χ3v) is 15.9. The molecule has 0 spiro atoms. The molecule has 0 bridgehead atoms. The zero-order chi connectivity index (χ0) is 56.5. The number of aliphatic hydroxyl groups excluding tert-OH is 1. The van der Waals surface area contributed by atoms with Crippen LogP contribution < -0.4 is 31.7 Å². The second-order valence-electron chi connectivity index (χ2n) is 22.4. The number of H-pyrrole nitrogens is 1. The Morgan fingerprint density at radius 3 is 2.20 bits per heavy atom. The molecule has 1 unspecified atom stereocenters. The van der Waals surface area contributed by atoms with Gasteiger partial charge in [-0.15, -0.1) is 11.3 Å². The number of carbonyl (C=O) groups excluding carboxylic acids is 5. The Hall–Kier alpha value is -7.29. The normalized spacial score (nSPS) is 16.3. The van der Waals surface area contributed by atoms with E-state index in [4.69, 9.17) is 4.98 Å². The summed E-state index contributed by atoms with van der Waals surface area (Å²) in [6.45, 7) is 20.1. The number of unbranched alkanes of at least 4 members (excludes halogenated alkanes) is 2. The molecule has 8 rings (SSSR count). The summed E-state index contributed by atoms with van der Waals surface area (Å²) in [6, 6.07) is 16.0. The van der Waals surface area contributed by atoms with Crippen LogP contribution in [0.25, 0.3) is 32.5 Å². The topological polar surface area (TPSA) is 240 Å². The van der Waals surface area contributed by atoms with Gasteiger partial charge >= 0.3 is 0 Å². The van der Waals surface area contributed by atoms with E-state index in [0.29, 0.717) is 43.4 Å². The van der Waals surface area contributed by atoms with E-state index in [9.17, 15) is 33.9 Å². The molecule has 2 aromatic carbocycles. The number of anilines is 1. The summed E-state index contributed by atoms with van der Waals surface area (Å²) in [5, 5.41) is 27.8. The third-order valence-electron chi connectivity index (χ3n) is 14.9. The Balaban J connectivity index is 0.736. The highest BCUT2D eigenvalue weighted by Gasteiger charge is 2.44. The van der Waals surface area contributed by atoms with Crippen LogP contribution in [0.3, 0.4) is 0 Å². The van der Waals surface area contributed by atoms with Crippen molar-refractivity contribution in [3.63, 3.8) is 0 Å². The molecule has 2 aliphatic heterocycles. The number of aromatic nitrogens is 5. The van der Waals surface area contributed by atoms with E-state index in [2.05, 4.69) is 46.1 Å². The zero-order valence-corrected chi connectivity index (χ0v) is 47.6. The Bertz CT molecular complexity index is 3190. The van der Waals surface area contributed by atoms with Crippen molar-refractivity contribution in [1.82, 2.24) is 55.8 Å². The van der Waals surface area contributed by atoms with E-state index >= 15 is 0 Å². The molecule has 6 heterocycles. The average Bonchev–Trinajstić information content (AvgIpc) is 4.20. The van der Waals surface area contributed by atoms with Crippen molar-refractivity contribution in [2.24, 2.45) is 5.41 Å². The Morgan fingerprint density at radius 2 is 1.54 bits per heavy atom.